The van der Waals surface area contributed by atoms with Gasteiger partial charge in [-0.1, -0.05) is 61.4 Å². The van der Waals surface area contributed by atoms with Gasteiger partial charge in [0.25, 0.3) is 0 Å². The van der Waals surface area contributed by atoms with E-state index >= 15 is 0 Å². The Morgan fingerprint density at radius 3 is 2.47 bits per heavy atom. The van der Waals surface area contributed by atoms with Crippen molar-refractivity contribution in [2.24, 2.45) is 5.73 Å². The fraction of sp³-hybridized carbons (Fsp3) is 0.371. The van der Waals surface area contributed by atoms with Crippen LogP contribution < -0.4 is 32.0 Å². The van der Waals surface area contributed by atoms with Crippen LogP contribution in [0.15, 0.2) is 83.7 Å². The molecule has 45 heavy (non-hydrogen) atoms. The molecule has 4 rings (SSSR count). The summed E-state index contributed by atoms with van der Waals surface area (Å²) in [4.78, 5) is 25.9. The van der Waals surface area contributed by atoms with Gasteiger partial charge < -0.3 is 41.2 Å². The number of amides is 2. The standard InChI is InChI=1S/C35H45N5O5/c36-35(43)39-28-13-8-12-27(22-28)23-37-19-9-21-44-20-7-2-1-6-18-38-24-31(41)29-14-16-32(34-30(29)15-17-33(42)40-34)45-25-26-10-4-3-5-11-26/h3-5,8,10-17,22,31,37-38,41H,1-2,6-7,9,18-21,23-25H2,(H,40,42)(H3,36,39,43)/t31-/m0/s1. The summed E-state index contributed by atoms with van der Waals surface area (Å²) in [5.41, 5.74) is 9.10. The predicted octanol–water partition coefficient (Wildman–Crippen LogP) is 4.98. The number of hydrogen-bond donors (Lipinski definition) is 6. The highest BCUT2D eigenvalue weighted by Gasteiger charge is 2.15. The lowest BCUT2D eigenvalue weighted by Crippen LogP contribution is -2.23. The molecule has 0 aliphatic heterocycles. The number of aliphatic hydroxyl groups excluding tert-OH is 1. The van der Waals surface area contributed by atoms with E-state index in [-0.39, 0.29) is 5.56 Å². The van der Waals surface area contributed by atoms with Crippen LogP contribution in [0.3, 0.4) is 0 Å². The number of carbonyl (C=O) groups is 1. The number of aromatic nitrogens is 1. The lowest BCUT2D eigenvalue weighted by atomic mass is 10.0. The van der Waals surface area contributed by atoms with Gasteiger partial charge in [0.2, 0.25) is 5.56 Å². The van der Waals surface area contributed by atoms with E-state index in [2.05, 4.69) is 20.9 Å². The second-order valence-electron chi connectivity index (χ2n) is 11.0. The zero-order valence-corrected chi connectivity index (χ0v) is 25.7. The molecule has 0 radical (unpaired) electrons. The third-order valence-corrected chi connectivity index (χ3v) is 7.38. The lowest BCUT2D eigenvalue weighted by molar-refractivity contribution is 0.127. The molecule has 1 atom stereocenters. The third kappa shape index (κ3) is 11.7. The maximum Gasteiger partial charge on any atom is 0.316 e. The van der Waals surface area contributed by atoms with E-state index in [1.807, 2.05) is 60.7 Å². The van der Waals surface area contributed by atoms with Gasteiger partial charge in [-0.15, -0.1) is 0 Å². The second-order valence-corrected chi connectivity index (χ2v) is 11.0. The molecule has 240 valence electrons. The zero-order valence-electron chi connectivity index (χ0n) is 25.7. The summed E-state index contributed by atoms with van der Waals surface area (Å²) in [6.07, 6.45) is 4.45. The maximum atomic E-state index is 12.1. The molecule has 0 bridgehead atoms. The van der Waals surface area contributed by atoms with Crippen molar-refractivity contribution in [2.45, 2.75) is 51.4 Å². The van der Waals surface area contributed by atoms with E-state index < -0.39 is 12.1 Å². The number of aliphatic hydroxyl groups is 1. The molecular formula is C35H45N5O5. The Bertz CT molecular complexity index is 1530. The van der Waals surface area contributed by atoms with Crippen LogP contribution in [0.2, 0.25) is 0 Å². The van der Waals surface area contributed by atoms with Crippen molar-refractivity contribution in [3.05, 3.63) is 106 Å². The lowest BCUT2D eigenvalue weighted by Gasteiger charge is -2.17. The number of nitrogens with two attached hydrogens (primary N) is 1. The first-order valence-electron chi connectivity index (χ1n) is 15.6. The Kier molecular flexibility index (Phi) is 13.9. The summed E-state index contributed by atoms with van der Waals surface area (Å²) >= 11 is 0. The van der Waals surface area contributed by atoms with Crippen LogP contribution >= 0.6 is 0 Å². The van der Waals surface area contributed by atoms with Crippen molar-refractivity contribution in [3.63, 3.8) is 0 Å². The molecule has 1 heterocycles. The second kappa shape index (κ2) is 18.6. The maximum absolute atomic E-state index is 12.1. The van der Waals surface area contributed by atoms with Crippen LogP contribution in [0.1, 0.15) is 54.9 Å². The summed E-state index contributed by atoms with van der Waals surface area (Å²) in [7, 11) is 0. The van der Waals surface area contributed by atoms with E-state index in [0.29, 0.717) is 36.6 Å². The highest BCUT2D eigenvalue weighted by Crippen LogP contribution is 2.30. The Balaban J connectivity index is 1.05. The molecule has 0 aliphatic rings. The van der Waals surface area contributed by atoms with Gasteiger partial charge in [0.15, 0.2) is 0 Å². The molecule has 0 fully saturated rings. The molecule has 0 saturated carbocycles. The summed E-state index contributed by atoms with van der Waals surface area (Å²) in [6.45, 7) is 4.67. The molecule has 10 heteroatoms. The first-order valence-corrected chi connectivity index (χ1v) is 15.6. The Morgan fingerprint density at radius 1 is 0.844 bits per heavy atom. The van der Waals surface area contributed by atoms with Gasteiger partial charge in [-0.05, 0) is 73.3 Å². The number of benzene rings is 3. The highest BCUT2D eigenvalue weighted by molar-refractivity contribution is 5.88. The molecule has 3 aromatic carbocycles. The number of rotatable bonds is 20. The van der Waals surface area contributed by atoms with Crippen molar-refractivity contribution in [2.75, 3.05) is 38.2 Å². The first-order chi connectivity index (χ1) is 22.0. The van der Waals surface area contributed by atoms with E-state index in [9.17, 15) is 14.7 Å². The van der Waals surface area contributed by atoms with Gasteiger partial charge >= 0.3 is 6.03 Å². The number of aromatic amines is 1. The van der Waals surface area contributed by atoms with Gasteiger partial charge in [-0.25, -0.2) is 4.79 Å². The Hall–Kier alpha value is -4.22. The Morgan fingerprint density at radius 2 is 1.62 bits per heavy atom. The van der Waals surface area contributed by atoms with Gasteiger partial charge in [0.1, 0.15) is 12.4 Å². The number of primary amides is 1. The molecule has 7 N–H and O–H groups in total. The van der Waals surface area contributed by atoms with E-state index in [1.54, 1.807) is 12.1 Å². The van der Waals surface area contributed by atoms with Gasteiger partial charge in [-0.3, -0.25) is 4.79 Å². The van der Waals surface area contributed by atoms with E-state index in [1.165, 1.54) is 6.07 Å². The van der Waals surface area contributed by atoms with E-state index in [0.717, 1.165) is 80.5 Å². The van der Waals surface area contributed by atoms with Crippen molar-refractivity contribution in [3.8, 4) is 5.75 Å². The third-order valence-electron chi connectivity index (χ3n) is 7.38. The molecule has 0 unspecified atom stereocenters. The van der Waals surface area contributed by atoms with Crippen molar-refractivity contribution >= 4 is 22.6 Å². The number of fused-ring (bicyclic) bond motifs is 1. The fourth-order valence-corrected chi connectivity index (χ4v) is 5.09. The van der Waals surface area contributed by atoms with Crippen LogP contribution in [-0.2, 0) is 17.9 Å². The monoisotopic (exact) mass is 615 g/mol. The molecule has 1 aromatic heterocycles. The Labute approximate surface area is 264 Å². The van der Waals surface area contributed by atoms with Crippen LogP contribution in [0.25, 0.3) is 10.9 Å². The van der Waals surface area contributed by atoms with Gasteiger partial charge in [-0.2, -0.15) is 0 Å². The summed E-state index contributed by atoms with van der Waals surface area (Å²) in [5.74, 6) is 0.579. The number of H-pyrrole nitrogens is 1. The predicted molar refractivity (Wildman–Crippen MR) is 178 cm³/mol. The molecule has 10 nitrogen and oxygen atoms in total. The topological polar surface area (TPSA) is 151 Å². The number of urea groups is 1. The highest BCUT2D eigenvalue weighted by atomic mass is 16.5. The minimum Gasteiger partial charge on any atom is -0.487 e. The number of hydrogen-bond acceptors (Lipinski definition) is 7. The smallest absolute Gasteiger partial charge is 0.316 e. The van der Waals surface area contributed by atoms with Crippen molar-refractivity contribution in [1.29, 1.82) is 0 Å². The number of pyridine rings is 1. The molecule has 0 spiro atoms. The molecular weight excluding hydrogens is 570 g/mol. The molecule has 2 amide bonds. The fourth-order valence-electron chi connectivity index (χ4n) is 5.09. The van der Waals surface area contributed by atoms with E-state index in [4.69, 9.17) is 15.2 Å². The number of carbonyl (C=O) groups excluding carboxylic acids is 1. The number of nitrogens with one attached hydrogen (secondary N) is 4. The largest absolute Gasteiger partial charge is 0.487 e. The van der Waals surface area contributed by atoms with Crippen molar-refractivity contribution < 1.29 is 19.4 Å². The van der Waals surface area contributed by atoms with Gasteiger partial charge in [0.05, 0.1) is 11.6 Å². The summed E-state index contributed by atoms with van der Waals surface area (Å²) in [6, 6.07) is 23.8. The molecule has 4 aromatic rings. The minimum absolute atomic E-state index is 0.213. The normalized spacial score (nSPS) is 11.8. The molecule has 0 aliphatic carbocycles. The number of ether oxygens (including phenoxy) is 2. The SMILES string of the molecule is NC(=O)Nc1cccc(CNCCCOCCCCCCNC[C@H](O)c2ccc(OCc3ccccc3)c3[nH]c(=O)ccc23)c1. The quantitative estimate of drug-likeness (QED) is 0.0768. The number of anilines is 1. The molecule has 0 saturated heterocycles. The number of unbranched alkanes of at least 4 members (excludes halogenated alkanes) is 3. The zero-order chi connectivity index (χ0) is 31.7. The van der Waals surface area contributed by atoms with Crippen LogP contribution in [0, 0.1) is 0 Å². The van der Waals surface area contributed by atoms with Crippen LogP contribution in [0.5, 0.6) is 5.75 Å². The van der Waals surface area contributed by atoms with Crippen LogP contribution in [-0.4, -0.2) is 49.0 Å². The van der Waals surface area contributed by atoms with Crippen LogP contribution in [0.4, 0.5) is 10.5 Å². The minimum atomic E-state index is -0.714. The summed E-state index contributed by atoms with van der Waals surface area (Å²) in [5, 5.41) is 21.0. The average molecular weight is 616 g/mol. The first kappa shape index (κ1) is 33.7. The van der Waals surface area contributed by atoms with Gasteiger partial charge in [0, 0.05) is 43.4 Å². The summed E-state index contributed by atoms with van der Waals surface area (Å²) < 4.78 is 11.8. The average Bonchev–Trinajstić information content (AvgIpc) is 3.04. The van der Waals surface area contributed by atoms with Crippen molar-refractivity contribution in [1.82, 2.24) is 15.6 Å².